The van der Waals surface area contributed by atoms with Crippen LogP contribution in [0.2, 0.25) is 0 Å². The van der Waals surface area contributed by atoms with Gasteiger partial charge in [-0.05, 0) is 52.3 Å². The van der Waals surface area contributed by atoms with Crippen LogP contribution in [0.5, 0.6) is 0 Å². The summed E-state index contributed by atoms with van der Waals surface area (Å²) < 4.78 is 0. The molecule has 0 radical (unpaired) electrons. The van der Waals surface area contributed by atoms with E-state index in [0.29, 0.717) is 6.42 Å². The summed E-state index contributed by atoms with van der Waals surface area (Å²) in [5, 5.41) is 12.1. The fourth-order valence-corrected chi connectivity index (χ4v) is 2.36. The number of benzene rings is 1. The normalized spacial score (nSPS) is 13.8. The van der Waals surface area contributed by atoms with Gasteiger partial charge >= 0.3 is 5.97 Å². The summed E-state index contributed by atoms with van der Waals surface area (Å²) in [7, 11) is 3.75. The first-order chi connectivity index (χ1) is 9.30. The number of carbonyl (C=O) groups is 1. The molecule has 0 amide bonds. The van der Waals surface area contributed by atoms with Crippen LogP contribution in [-0.4, -0.2) is 37.3 Å². The average Bonchev–Trinajstić information content (AvgIpc) is 2.37. The highest BCUT2D eigenvalue weighted by Gasteiger charge is 2.30. The Kier molecular flexibility index (Phi) is 5.57. The number of hydrogen-bond acceptors (Lipinski definition) is 3. The third-order valence-electron chi connectivity index (χ3n) is 3.96. The van der Waals surface area contributed by atoms with E-state index in [2.05, 4.69) is 49.3 Å². The van der Waals surface area contributed by atoms with E-state index >= 15 is 0 Å². The summed E-state index contributed by atoms with van der Waals surface area (Å²) in [5.74, 6) is -0.797. The maximum Gasteiger partial charge on any atom is 0.323 e. The number of rotatable bonds is 7. The first kappa shape index (κ1) is 16.5. The van der Waals surface area contributed by atoms with E-state index in [9.17, 15) is 9.90 Å². The van der Waals surface area contributed by atoms with Crippen molar-refractivity contribution in [2.75, 3.05) is 25.5 Å². The zero-order valence-corrected chi connectivity index (χ0v) is 13.2. The highest BCUT2D eigenvalue weighted by Crippen LogP contribution is 2.21. The number of likely N-dealkylation sites (N-methyl/N-ethyl adjacent to an activating group) is 1. The van der Waals surface area contributed by atoms with Crippen molar-refractivity contribution in [1.82, 2.24) is 5.32 Å². The quantitative estimate of drug-likeness (QED) is 0.805. The van der Waals surface area contributed by atoms with Crippen LogP contribution in [0.25, 0.3) is 0 Å². The molecule has 2 N–H and O–H groups in total. The van der Waals surface area contributed by atoms with Gasteiger partial charge in [0.25, 0.3) is 0 Å². The van der Waals surface area contributed by atoms with E-state index in [-0.39, 0.29) is 0 Å². The van der Waals surface area contributed by atoms with Crippen molar-refractivity contribution in [2.45, 2.75) is 39.2 Å². The highest BCUT2D eigenvalue weighted by atomic mass is 16.4. The summed E-state index contributed by atoms with van der Waals surface area (Å²) in [4.78, 5) is 13.4. The second-order valence-electron chi connectivity index (χ2n) is 5.70. The Morgan fingerprint density at radius 1 is 1.40 bits per heavy atom. The van der Waals surface area contributed by atoms with Crippen molar-refractivity contribution >= 4 is 11.7 Å². The van der Waals surface area contributed by atoms with Crippen LogP contribution in [0.1, 0.15) is 30.9 Å². The van der Waals surface area contributed by atoms with Crippen LogP contribution in [0, 0.1) is 13.8 Å². The van der Waals surface area contributed by atoms with Crippen molar-refractivity contribution in [3.63, 3.8) is 0 Å². The number of carboxylic acid groups (broad SMARTS) is 1. The van der Waals surface area contributed by atoms with Gasteiger partial charge in [0.05, 0.1) is 0 Å². The maximum absolute atomic E-state index is 11.2. The Balaban J connectivity index is 2.59. The molecule has 0 bridgehead atoms. The van der Waals surface area contributed by atoms with Gasteiger partial charge in [-0.1, -0.05) is 17.7 Å². The Bertz CT molecular complexity index is 474. The lowest BCUT2D eigenvalue weighted by Gasteiger charge is -2.27. The molecular formula is C16H26N2O2. The smallest absolute Gasteiger partial charge is 0.323 e. The standard InChI is InChI=1S/C16H26N2O2/c1-12-7-8-14(13(2)11-12)18(5)10-6-9-16(3,17-4)15(19)20/h7-8,11,17H,6,9-10H2,1-5H3,(H,19,20). The van der Waals surface area contributed by atoms with E-state index in [1.807, 2.05) is 0 Å². The number of nitrogens with one attached hydrogen (secondary N) is 1. The molecule has 1 atom stereocenters. The average molecular weight is 278 g/mol. The molecule has 0 saturated carbocycles. The topological polar surface area (TPSA) is 52.6 Å². The van der Waals surface area contributed by atoms with Crippen LogP contribution >= 0.6 is 0 Å². The number of hydrogen-bond donors (Lipinski definition) is 2. The first-order valence-electron chi connectivity index (χ1n) is 7.01. The molecule has 0 fully saturated rings. The lowest BCUT2D eigenvalue weighted by molar-refractivity contribution is -0.144. The highest BCUT2D eigenvalue weighted by molar-refractivity contribution is 5.78. The molecular weight excluding hydrogens is 252 g/mol. The molecule has 1 aromatic rings. The zero-order valence-electron chi connectivity index (χ0n) is 13.2. The van der Waals surface area contributed by atoms with E-state index < -0.39 is 11.5 Å². The van der Waals surface area contributed by atoms with Crippen LogP contribution in [0.4, 0.5) is 5.69 Å². The molecule has 0 heterocycles. The van der Waals surface area contributed by atoms with Gasteiger partial charge in [0.15, 0.2) is 0 Å². The van der Waals surface area contributed by atoms with Gasteiger partial charge in [-0.2, -0.15) is 0 Å². The molecule has 20 heavy (non-hydrogen) atoms. The Labute approximate surface area is 121 Å². The number of aliphatic carboxylic acids is 1. The molecule has 0 spiro atoms. The van der Waals surface area contributed by atoms with E-state index in [0.717, 1.165) is 13.0 Å². The SMILES string of the molecule is CNC(C)(CCCN(C)c1ccc(C)cc1C)C(=O)O. The molecule has 0 aliphatic heterocycles. The van der Waals surface area contributed by atoms with Crippen molar-refractivity contribution in [3.05, 3.63) is 29.3 Å². The van der Waals surface area contributed by atoms with Crippen LogP contribution in [-0.2, 0) is 4.79 Å². The minimum absolute atomic E-state index is 0.605. The van der Waals surface area contributed by atoms with Gasteiger partial charge < -0.3 is 15.3 Å². The second kappa shape index (κ2) is 6.75. The van der Waals surface area contributed by atoms with E-state index in [4.69, 9.17) is 0 Å². The molecule has 1 unspecified atom stereocenters. The molecule has 0 aromatic heterocycles. The monoisotopic (exact) mass is 278 g/mol. The number of carboxylic acids is 1. The second-order valence-corrected chi connectivity index (χ2v) is 5.70. The van der Waals surface area contributed by atoms with Crippen molar-refractivity contribution < 1.29 is 9.90 Å². The van der Waals surface area contributed by atoms with Gasteiger partial charge in [0, 0.05) is 19.3 Å². The summed E-state index contributed by atoms with van der Waals surface area (Å²) in [6.45, 7) is 6.76. The fraction of sp³-hybridized carbons (Fsp3) is 0.562. The van der Waals surface area contributed by atoms with Gasteiger partial charge in [-0.25, -0.2) is 0 Å². The largest absolute Gasteiger partial charge is 0.480 e. The molecule has 1 rings (SSSR count). The van der Waals surface area contributed by atoms with E-state index in [1.165, 1.54) is 16.8 Å². The molecule has 0 aliphatic rings. The predicted molar refractivity (Wildman–Crippen MR) is 83.5 cm³/mol. The first-order valence-corrected chi connectivity index (χ1v) is 7.01. The third kappa shape index (κ3) is 3.97. The van der Waals surface area contributed by atoms with Gasteiger partial charge in [0.2, 0.25) is 0 Å². The Morgan fingerprint density at radius 3 is 2.55 bits per heavy atom. The molecule has 0 saturated heterocycles. The molecule has 4 nitrogen and oxygen atoms in total. The molecule has 4 heteroatoms. The van der Waals surface area contributed by atoms with Crippen molar-refractivity contribution in [1.29, 1.82) is 0 Å². The third-order valence-corrected chi connectivity index (χ3v) is 3.96. The lowest BCUT2D eigenvalue weighted by atomic mass is 9.96. The van der Waals surface area contributed by atoms with Gasteiger partial charge in [0.1, 0.15) is 5.54 Å². The maximum atomic E-state index is 11.2. The number of aryl methyl sites for hydroxylation is 2. The molecule has 0 aliphatic carbocycles. The number of anilines is 1. The van der Waals surface area contributed by atoms with E-state index in [1.54, 1.807) is 14.0 Å². The van der Waals surface area contributed by atoms with Gasteiger partial charge in [-0.3, -0.25) is 4.79 Å². The number of nitrogens with zero attached hydrogens (tertiary/aromatic N) is 1. The summed E-state index contributed by atoms with van der Waals surface area (Å²) in [6, 6.07) is 6.40. The van der Waals surface area contributed by atoms with Gasteiger partial charge in [-0.15, -0.1) is 0 Å². The van der Waals surface area contributed by atoms with Crippen LogP contribution in [0.15, 0.2) is 18.2 Å². The van der Waals surface area contributed by atoms with Crippen molar-refractivity contribution in [3.8, 4) is 0 Å². The summed E-state index contributed by atoms with van der Waals surface area (Å²) >= 11 is 0. The fourth-order valence-electron chi connectivity index (χ4n) is 2.36. The van der Waals surface area contributed by atoms with Crippen molar-refractivity contribution in [2.24, 2.45) is 0 Å². The lowest BCUT2D eigenvalue weighted by Crippen LogP contribution is -2.47. The molecule has 1 aromatic carbocycles. The summed E-state index contributed by atoms with van der Waals surface area (Å²) in [5.41, 5.74) is 2.87. The minimum Gasteiger partial charge on any atom is -0.480 e. The van der Waals surface area contributed by atoms with Crippen LogP contribution < -0.4 is 10.2 Å². The molecule has 112 valence electrons. The Hall–Kier alpha value is -1.55. The summed E-state index contributed by atoms with van der Waals surface area (Å²) in [6.07, 6.45) is 1.43. The van der Waals surface area contributed by atoms with Crippen LogP contribution in [0.3, 0.4) is 0 Å². The zero-order chi connectivity index (χ0) is 15.3. The predicted octanol–water partition coefficient (Wildman–Crippen LogP) is 2.58. The minimum atomic E-state index is -0.844. The Morgan fingerprint density at radius 2 is 2.05 bits per heavy atom.